The monoisotopic (exact) mass is 214 g/mol. The fourth-order valence-electron chi connectivity index (χ4n) is 1.97. The fourth-order valence-corrected chi connectivity index (χ4v) is 1.97. The first kappa shape index (κ1) is 12.2. The zero-order valence-corrected chi connectivity index (χ0v) is 9.23. The van der Waals surface area contributed by atoms with Gasteiger partial charge in [-0.25, -0.2) is 0 Å². The van der Waals surface area contributed by atoms with Crippen molar-refractivity contribution in [3.8, 4) is 0 Å². The van der Waals surface area contributed by atoms with Crippen LogP contribution in [0.5, 0.6) is 0 Å². The minimum absolute atomic E-state index is 0.123. The lowest BCUT2D eigenvalue weighted by Gasteiger charge is -2.25. The molecule has 1 rings (SSSR count). The van der Waals surface area contributed by atoms with Crippen molar-refractivity contribution < 1.29 is 19.4 Å². The smallest absolute Gasteiger partial charge is 0.314 e. The van der Waals surface area contributed by atoms with E-state index in [0.29, 0.717) is 26.1 Å². The van der Waals surface area contributed by atoms with Gasteiger partial charge in [0.2, 0.25) is 0 Å². The first-order chi connectivity index (χ1) is 7.04. The van der Waals surface area contributed by atoms with Crippen LogP contribution in [-0.2, 0) is 14.3 Å². The van der Waals surface area contributed by atoms with E-state index in [1.165, 1.54) is 0 Å². The van der Waals surface area contributed by atoms with Crippen LogP contribution in [0.1, 0.15) is 26.7 Å². The number of carbonyl (C=O) groups is 2. The van der Waals surface area contributed by atoms with Crippen molar-refractivity contribution in [2.24, 2.45) is 17.8 Å². The van der Waals surface area contributed by atoms with Crippen molar-refractivity contribution >= 4 is 11.8 Å². The van der Waals surface area contributed by atoms with Crippen LogP contribution in [0, 0.1) is 17.8 Å². The second kappa shape index (κ2) is 5.26. The summed E-state index contributed by atoms with van der Waals surface area (Å²) in [5.74, 6) is -2.24. The lowest BCUT2D eigenvalue weighted by atomic mass is 9.82. The summed E-state index contributed by atoms with van der Waals surface area (Å²) >= 11 is 0. The molecule has 0 radical (unpaired) electrons. The summed E-state index contributed by atoms with van der Waals surface area (Å²) in [6, 6.07) is 0. The fraction of sp³-hybridized carbons (Fsp3) is 0.818. The predicted molar refractivity (Wildman–Crippen MR) is 54.5 cm³/mol. The molecule has 1 aliphatic heterocycles. The third-order valence-corrected chi connectivity index (χ3v) is 2.86. The summed E-state index contributed by atoms with van der Waals surface area (Å²) < 4.78 is 5.15. The Morgan fingerprint density at radius 1 is 1.27 bits per heavy atom. The molecule has 0 spiro atoms. The summed E-state index contributed by atoms with van der Waals surface area (Å²) in [6.45, 7) is 4.69. The zero-order valence-electron chi connectivity index (χ0n) is 9.23. The molecule has 1 atom stereocenters. The van der Waals surface area contributed by atoms with Gasteiger partial charge in [0.05, 0.1) is 0 Å². The highest BCUT2D eigenvalue weighted by atomic mass is 16.5. The number of carbonyl (C=O) groups excluding carboxylic acids is 1. The number of ketones is 1. The number of Topliss-reactive ketones (excluding diaryl/α,β-unsaturated/α-hetero) is 1. The van der Waals surface area contributed by atoms with Crippen LogP contribution in [-0.4, -0.2) is 30.1 Å². The molecule has 1 saturated heterocycles. The topological polar surface area (TPSA) is 63.6 Å². The molecular weight excluding hydrogens is 196 g/mol. The molecule has 15 heavy (non-hydrogen) atoms. The van der Waals surface area contributed by atoms with Crippen molar-refractivity contribution in [2.45, 2.75) is 26.7 Å². The number of carboxylic acid groups (broad SMARTS) is 1. The van der Waals surface area contributed by atoms with Gasteiger partial charge in [-0.2, -0.15) is 0 Å². The van der Waals surface area contributed by atoms with E-state index in [-0.39, 0.29) is 17.6 Å². The number of ether oxygens (including phenoxy) is 1. The molecule has 4 nitrogen and oxygen atoms in total. The Labute approximate surface area is 89.6 Å². The minimum atomic E-state index is -0.999. The standard InChI is InChI=1S/C11H18O4/c1-7(2)9(11(13)14)10(12)8-3-5-15-6-4-8/h7-9H,3-6H2,1-2H3,(H,13,14). The van der Waals surface area contributed by atoms with Crippen LogP contribution < -0.4 is 0 Å². The number of hydrogen-bond donors (Lipinski definition) is 1. The molecule has 86 valence electrons. The van der Waals surface area contributed by atoms with Gasteiger partial charge in [-0.3, -0.25) is 9.59 Å². The van der Waals surface area contributed by atoms with E-state index in [1.807, 2.05) is 0 Å². The lowest BCUT2D eigenvalue weighted by Crippen LogP contribution is -2.36. The van der Waals surface area contributed by atoms with Gasteiger partial charge < -0.3 is 9.84 Å². The van der Waals surface area contributed by atoms with Crippen LogP contribution in [0.3, 0.4) is 0 Å². The third-order valence-electron chi connectivity index (χ3n) is 2.86. The normalized spacial score (nSPS) is 20.2. The average molecular weight is 214 g/mol. The van der Waals surface area contributed by atoms with Crippen molar-refractivity contribution in [2.75, 3.05) is 13.2 Å². The Hall–Kier alpha value is -0.900. The van der Waals surface area contributed by atoms with Crippen LogP contribution in [0.4, 0.5) is 0 Å². The largest absolute Gasteiger partial charge is 0.481 e. The van der Waals surface area contributed by atoms with E-state index < -0.39 is 11.9 Å². The molecule has 0 aliphatic carbocycles. The molecule has 1 unspecified atom stereocenters. The van der Waals surface area contributed by atoms with E-state index in [0.717, 1.165) is 0 Å². The highest BCUT2D eigenvalue weighted by Crippen LogP contribution is 2.24. The molecule has 1 fully saturated rings. The van der Waals surface area contributed by atoms with Gasteiger partial charge in [0, 0.05) is 19.1 Å². The number of aliphatic carboxylic acids is 1. The van der Waals surface area contributed by atoms with Crippen molar-refractivity contribution in [1.29, 1.82) is 0 Å². The highest BCUT2D eigenvalue weighted by Gasteiger charge is 2.35. The Morgan fingerprint density at radius 3 is 2.20 bits per heavy atom. The van der Waals surface area contributed by atoms with Crippen molar-refractivity contribution in [1.82, 2.24) is 0 Å². The molecular formula is C11H18O4. The lowest BCUT2D eigenvalue weighted by molar-refractivity contribution is -0.150. The summed E-state index contributed by atoms with van der Waals surface area (Å²) in [4.78, 5) is 22.9. The molecule has 0 aromatic heterocycles. The average Bonchev–Trinajstić information content (AvgIpc) is 2.18. The quantitative estimate of drug-likeness (QED) is 0.717. The minimum Gasteiger partial charge on any atom is -0.481 e. The number of carboxylic acids is 1. The summed E-state index contributed by atoms with van der Waals surface area (Å²) in [5.41, 5.74) is 0. The summed E-state index contributed by atoms with van der Waals surface area (Å²) in [6.07, 6.45) is 1.32. The van der Waals surface area contributed by atoms with Gasteiger partial charge in [0.25, 0.3) is 0 Å². The van der Waals surface area contributed by atoms with Crippen LogP contribution in [0.2, 0.25) is 0 Å². The van der Waals surface area contributed by atoms with Gasteiger partial charge in [0.15, 0.2) is 5.78 Å². The second-order valence-electron chi connectivity index (χ2n) is 4.35. The van der Waals surface area contributed by atoms with E-state index >= 15 is 0 Å². The summed E-state index contributed by atoms with van der Waals surface area (Å²) in [5, 5.41) is 8.99. The predicted octanol–water partition coefficient (Wildman–Crippen LogP) is 1.34. The molecule has 0 bridgehead atoms. The first-order valence-electron chi connectivity index (χ1n) is 5.38. The van der Waals surface area contributed by atoms with Crippen LogP contribution in [0.25, 0.3) is 0 Å². The molecule has 4 heteroatoms. The first-order valence-corrected chi connectivity index (χ1v) is 5.38. The van der Waals surface area contributed by atoms with Gasteiger partial charge in [0.1, 0.15) is 5.92 Å². The molecule has 1 aliphatic rings. The van der Waals surface area contributed by atoms with E-state index in [2.05, 4.69) is 0 Å². The van der Waals surface area contributed by atoms with Crippen molar-refractivity contribution in [3.05, 3.63) is 0 Å². The molecule has 0 aromatic rings. The zero-order chi connectivity index (χ0) is 11.4. The van der Waals surface area contributed by atoms with E-state index in [4.69, 9.17) is 9.84 Å². The maximum Gasteiger partial charge on any atom is 0.314 e. The molecule has 0 amide bonds. The maximum atomic E-state index is 11.9. The van der Waals surface area contributed by atoms with Gasteiger partial charge in [-0.15, -0.1) is 0 Å². The second-order valence-corrected chi connectivity index (χ2v) is 4.35. The number of rotatable bonds is 4. The third kappa shape index (κ3) is 3.02. The van der Waals surface area contributed by atoms with Crippen LogP contribution in [0.15, 0.2) is 0 Å². The van der Waals surface area contributed by atoms with Crippen LogP contribution >= 0.6 is 0 Å². The molecule has 0 aromatic carbocycles. The van der Waals surface area contributed by atoms with E-state index in [1.54, 1.807) is 13.8 Å². The molecule has 0 saturated carbocycles. The Bertz CT molecular complexity index is 241. The Morgan fingerprint density at radius 2 is 1.80 bits per heavy atom. The Kier molecular flexibility index (Phi) is 4.27. The maximum absolute atomic E-state index is 11.9. The molecule has 1 N–H and O–H groups in total. The van der Waals surface area contributed by atoms with Gasteiger partial charge in [-0.1, -0.05) is 13.8 Å². The number of hydrogen-bond acceptors (Lipinski definition) is 3. The molecule has 1 heterocycles. The van der Waals surface area contributed by atoms with Gasteiger partial charge >= 0.3 is 5.97 Å². The SMILES string of the molecule is CC(C)C(C(=O)O)C(=O)C1CCOCC1. The summed E-state index contributed by atoms with van der Waals surface area (Å²) in [7, 11) is 0. The van der Waals surface area contributed by atoms with E-state index in [9.17, 15) is 9.59 Å². The van der Waals surface area contributed by atoms with Gasteiger partial charge in [-0.05, 0) is 18.8 Å². The highest BCUT2D eigenvalue weighted by molar-refractivity contribution is 5.99. The Balaban J connectivity index is 2.66. The van der Waals surface area contributed by atoms with Crippen molar-refractivity contribution in [3.63, 3.8) is 0 Å².